The van der Waals surface area contributed by atoms with E-state index in [0.29, 0.717) is 5.56 Å². The number of carbonyl (C=O) groups excluding carboxylic acids is 1. The van der Waals surface area contributed by atoms with Crippen LogP contribution in [0.5, 0.6) is 0 Å². The topological polar surface area (TPSA) is 72.8 Å². The summed E-state index contributed by atoms with van der Waals surface area (Å²) in [5, 5.41) is 22.2. The monoisotopic (exact) mass is 264 g/mol. The number of likely N-dealkylation sites (tertiary alicyclic amines) is 1. The van der Waals surface area contributed by atoms with Crippen LogP contribution in [0.15, 0.2) is 18.2 Å². The molecule has 0 radical (unpaired) electrons. The number of hydrogen-bond acceptors (Lipinski definition) is 4. The van der Waals surface area contributed by atoms with E-state index in [9.17, 15) is 15.0 Å². The van der Waals surface area contributed by atoms with Crippen LogP contribution in [-0.4, -0.2) is 52.9 Å². The number of β-amino-alcohol motifs (C(OH)–C–C–N with tert-alkyl or cyclic N) is 2. The highest BCUT2D eigenvalue weighted by atomic mass is 16.3. The first-order valence-electron chi connectivity index (χ1n) is 6.53. The van der Waals surface area contributed by atoms with Crippen molar-refractivity contribution in [1.82, 2.24) is 4.90 Å². The summed E-state index contributed by atoms with van der Waals surface area (Å²) in [4.78, 5) is 13.9. The minimum atomic E-state index is -0.851. The Labute approximate surface area is 112 Å². The van der Waals surface area contributed by atoms with Crippen molar-refractivity contribution in [2.45, 2.75) is 26.1 Å². The molecule has 2 rings (SSSR count). The number of nitrogens with zero attached hydrogens (tertiary/aromatic N) is 1. The normalized spacial score (nSPS) is 22.6. The zero-order chi connectivity index (χ0) is 14.0. The van der Waals surface area contributed by atoms with Gasteiger partial charge in [-0.2, -0.15) is 0 Å². The van der Waals surface area contributed by atoms with E-state index in [-0.39, 0.29) is 19.0 Å². The summed E-state index contributed by atoms with van der Waals surface area (Å²) >= 11 is 0. The fourth-order valence-corrected chi connectivity index (χ4v) is 2.29. The van der Waals surface area contributed by atoms with E-state index < -0.39 is 12.2 Å². The molecule has 0 saturated carbocycles. The predicted molar refractivity (Wildman–Crippen MR) is 73.3 cm³/mol. The molecule has 5 heteroatoms. The molecule has 1 aliphatic rings. The van der Waals surface area contributed by atoms with Crippen LogP contribution in [0.4, 0.5) is 5.69 Å². The third-order valence-corrected chi connectivity index (χ3v) is 3.32. The molecular formula is C14H20N2O3. The lowest BCUT2D eigenvalue weighted by Crippen LogP contribution is -2.30. The SMILES string of the molecule is CCNc1ccc(C)cc1C(=O)N1CC(O)C(O)C1. The van der Waals surface area contributed by atoms with Gasteiger partial charge in [-0.3, -0.25) is 4.79 Å². The van der Waals surface area contributed by atoms with Gasteiger partial charge in [0.25, 0.3) is 5.91 Å². The molecular weight excluding hydrogens is 244 g/mol. The fraction of sp³-hybridized carbons (Fsp3) is 0.500. The van der Waals surface area contributed by atoms with Gasteiger partial charge in [-0.1, -0.05) is 11.6 Å². The quantitative estimate of drug-likeness (QED) is 0.747. The molecule has 1 aromatic rings. The van der Waals surface area contributed by atoms with Crippen molar-refractivity contribution in [2.24, 2.45) is 0 Å². The lowest BCUT2D eigenvalue weighted by Gasteiger charge is -2.18. The molecule has 19 heavy (non-hydrogen) atoms. The molecule has 1 aliphatic heterocycles. The Morgan fingerprint density at radius 1 is 1.37 bits per heavy atom. The third-order valence-electron chi connectivity index (χ3n) is 3.32. The third kappa shape index (κ3) is 2.88. The van der Waals surface area contributed by atoms with E-state index in [1.54, 1.807) is 0 Å². The van der Waals surface area contributed by atoms with Crippen molar-refractivity contribution in [3.8, 4) is 0 Å². The highest BCUT2D eigenvalue weighted by molar-refractivity contribution is 6.00. The molecule has 0 bridgehead atoms. The predicted octanol–water partition coefficient (Wildman–Crippen LogP) is 0.604. The second-order valence-electron chi connectivity index (χ2n) is 4.92. The van der Waals surface area contributed by atoms with Crippen molar-refractivity contribution in [1.29, 1.82) is 0 Å². The first kappa shape index (κ1) is 13.8. The molecule has 1 aromatic carbocycles. The fourth-order valence-electron chi connectivity index (χ4n) is 2.29. The first-order valence-corrected chi connectivity index (χ1v) is 6.53. The summed E-state index contributed by atoms with van der Waals surface area (Å²) in [5.41, 5.74) is 2.38. The average Bonchev–Trinajstić information content (AvgIpc) is 2.71. The van der Waals surface area contributed by atoms with Gasteiger partial charge in [0.05, 0.1) is 17.8 Å². The second-order valence-corrected chi connectivity index (χ2v) is 4.92. The molecule has 3 N–H and O–H groups in total. The highest BCUT2D eigenvalue weighted by Gasteiger charge is 2.33. The van der Waals surface area contributed by atoms with Gasteiger partial charge in [-0.25, -0.2) is 0 Å². The van der Waals surface area contributed by atoms with Crippen LogP contribution < -0.4 is 5.32 Å². The van der Waals surface area contributed by atoms with Crippen LogP contribution in [0.2, 0.25) is 0 Å². The van der Waals surface area contributed by atoms with Crippen molar-refractivity contribution >= 4 is 11.6 Å². The van der Waals surface area contributed by atoms with Crippen molar-refractivity contribution in [3.05, 3.63) is 29.3 Å². The smallest absolute Gasteiger partial charge is 0.256 e. The van der Waals surface area contributed by atoms with Crippen molar-refractivity contribution in [2.75, 3.05) is 25.0 Å². The Bertz CT molecular complexity index is 466. The number of aliphatic hydroxyl groups excluding tert-OH is 2. The minimum Gasteiger partial charge on any atom is -0.388 e. The standard InChI is InChI=1S/C14H20N2O3/c1-3-15-11-5-4-9(2)6-10(11)14(19)16-7-12(17)13(18)8-16/h4-6,12-13,15,17-18H,3,7-8H2,1-2H3. The molecule has 2 atom stereocenters. The van der Waals surface area contributed by atoms with Crippen LogP contribution in [0.25, 0.3) is 0 Å². The van der Waals surface area contributed by atoms with E-state index in [4.69, 9.17) is 0 Å². The minimum absolute atomic E-state index is 0.157. The van der Waals surface area contributed by atoms with Gasteiger partial charge in [0.2, 0.25) is 0 Å². The number of aryl methyl sites for hydroxylation is 1. The number of anilines is 1. The second kappa shape index (κ2) is 5.59. The Morgan fingerprint density at radius 2 is 2.00 bits per heavy atom. The van der Waals surface area contributed by atoms with Crippen molar-refractivity contribution < 1.29 is 15.0 Å². The maximum Gasteiger partial charge on any atom is 0.256 e. The number of rotatable bonds is 3. The van der Waals surface area contributed by atoms with Crippen LogP contribution in [0, 0.1) is 6.92 Å². The summed E-state index contributed by atoms with van der Waals surface area (Å²) < 4.78 is 0. The molecule has 0 spiro atoms. The van der Waals surface area contributed by atoms with Gasteiger partial charge >= 0.3 is 0 Å². The number of carbonyl (C=O) groups is 1. The molecule has 1 heterocycles. The van der Waals surface area contributed by atoms with Gasteiger partial charge in [0.15, 0.2) is 0 Å². The summed E-state index contributed by atoms with van der Waals surface area (Å²) in [6, 6.07) is 5.66. The number of aliphatic hydroxyl groups is 2. The molecule has 5 nitrogen and oxygen atoms in total. The van der Waals surface area contributed by atoms with Crippen LogP contribution in [0.3, 0.4) is 0 Å². The zero-order valence-electron chi connectivity index (χ0n) is 11.3. The van der Waals surface area contributed by atoms with Crippen LogP contribution in [-0.2, 0) is 0 Å². The Kier molecular flexibility index (Phi) is 4.07. The Balaban J connectivity index is 2.25. The van der Waals surface area contributed by atoms with Crippen LogP contribution >= 0.6 is 0 Å². The van der Waals surface area contributed by atoms with E-state index >= 15 is 0 Å². The van der Waals surface area contributed by atoms with E-state index in [1.165, 1.54) is 4.90 Å². The number of amides is 1. The van der Waals surface area contributed by atoms with Gasteiger partial charge in [-0.05, 0) is 26.0 Å². The summed E-state index contributed by atoms with van der Waals surface area (Å²) in [6.45, 7) is 4.99. The molecule has 2 unspecified atom stereocenters. The molecule has 1 fully saturated rings. The first-order chi connectivity index (χ1) is 9.02. The summed E-state index contributed by atoms with van der Waals surface area (Å²) in [6.07, 6.45) is -1.70. The van der Waals surface area contributed by atoms with E-state index in [0.717, 1.165) is 17.8 Å². The molecule has 1 saturated heterocycles. The highest BCUT2D eigenvalue weighted by Crippen LogP contribution is 2.22. The van der Waals surface area contributed by atoms with Crippen LogP contribution in [0.1, 0.15) is 22.8 Å². The molecule has 0 aliphatic carbocycles. The molecule has 1 amide bonds. The van der Waals surface area contributed by atoms with Gasteiger partial charge < -0.3 is 20.4 Å². The molecule has 0 aromatic heterocycles. The van der Waals surface area contributed by atoms with Gasteiger partial charge in [-0.15, -0.1) is 0 Å². The number of hydrogen-bond donors (Lipinski definition) is 3. The largest absolute Gasteiger partial charge is 0.388 e. The Hall–Kier alpha value is -1.59. The van der Waals surface area contributed by atoms with E-state index in [1.807, 2.05) is 32.0 Å². The average molecular weight is 264 g/mol. The van der Waals surface area contributed by atoms with E-state index in [2.05, 4.69) is 5.32 Å². The molecule has 104 valence electrons. The summed E-state index contributed by atoms with van der Waals surface area (Å²) in [5.74, 6) is -0.157. The van der Waals surface area contributed by atoms with Gasteiger partial charge in [0.1, 0.15) is 0 Å². The lowest BCUT2D eigenvalue weighted by molar-refractivity contribution is 0.0572. The van der Waals surface area contributed by atoms with Crippen molar-refractivity contribution in [3.63, 3.8) is 0 Å². The lowest BCUT2D eigenvalue weighted by atomic mass is 10.1. The zero-order valence-corrected chi connectivity index (χ0v) is 11.3. The summed E-state index contributed by atoms with van der Waals surface area (Å²) in [7, 11) is 0. The maximum atomic E-state index is 12.4. The maximum absolute atomic E-state index is 12.4. The Morgan fingerprint density at radius 3 is 2.58 bits per heavy atom. The number of benzene rings is 1. The van der Waals surface area contributed by atoms with Gasteiger partial charge in [0, 0.05) is 25.3 Å². The number of nitrogens with one attached hydrogen (secondary N) is 1.